The number of hydrogen-bond donors (Lipinski definition) is 3. The molecule has 9 heteroatoms. The minimum Gasteiger partial charge on any atom is -0.388 e. The van der Waals surface area contributed by atoms with Gasteiger partial charge in [-0.1, -0.05) is 30.3 Å². The molecule has 1 atom stereocenters. The monoisotopic (exact) mass is 426 g/mol. The highest BCUT2D eigenvalue weighted by molar-refractivity contribution is 5.90. The number of anilines is 1. The highest BCUT2D eigenvalue weighted by Gasteiger charge is 2.15. The Labute approximate surface area is 184 Å². The molecule has 1 aromatic carbocycles. The Morgan fingerprint density at radius 2 is 1.94 bits per heavy atom. The van der Waals surface area contributed by atoms with Gasteiger partial charge in [0.25, 0.3) is 0 Å². The number of fused-ring (bicyclic) bond motifs is 1. The average Bonchev–Trinajstić information content (AvgIpc) is 3.43. The third-order valence-corrected chi connectivity index (χ3v) is 5.31. The number of aliphatic hydroxyl groups excluding tert-OH is 1. The van der Waals surface area contributed by atoms with Gasteiger partial charge in [0.2, 0.25) is 5.95 Å². The Bertz CT molecular complexity index is 1380. The van der Waals surface area contributed by atoms with E-state index in [0.717, 1.165) is 28.1 Å². The topological polar surface area (TPSA) is 131 Å². The van der Waals surface area contributed by atoms with Gasteiger partial charge in [-0.15, -0.1) is 0 Å². The first kappa shape index (κ1) is 19.8. The summed E-state index contributed by atoms with van der Waals surface area (Å²) in [6, 6.07) is 11.5. The van der Waals surface area contributed by atoms with Gasteiger partial charge in [0.1, 0.15) is 5.52 Å². The van der Waals surface area contributed by atoms with Gasteiger partial charge in [0.05, 0.1) is 29.9 Å². The molecule has 32 heavy (non-hydrogen) atoms. The van der Waals surface area contributed by atoms with Gasteiger partial charge < -0.3 is 15.8 Å². The van der Waals surface area contributed by atoms with Crippen LogP contribution in [0.15, 0.2) is 61.2 Å². The molecule has 0 fully saturated rings. The number of aromatic amines is 1. The molecule has 0 aliphatic carbocycles. The quantitative estimate of drug-likeness (QED) is 0.380. The van der Waals surface area contributed by atoms with Crippen molar-refractivity contribution in [3.63, 3.8) is 0 Å². The van der Waals surface area contributed by atoms with E-state index in [9.17, 15) is 5.11 Å². The fraction of sp³-hybridized carbons (Fsp3) is 0.174. The van der Waals surface area contributed by atoms with Crippen LogP contribution in [0.1, 0.15) is 23.8 Å². The number of benzene rings is 1. The molecule has 0 spiro atoms. The van der Waals surface area contributed by atoms with Gasteiger partial charge in [-0.3, -0.25) is 4.68 Å². The van der Waals surface area contributed by atoms with Gasteiger partial charge in [-0.05, 0) is 24.5 Å². The lowest BCUT2D eigenvalue weighted by atomic mass is 10.0. The van der Waals surface area contributed by atoms with E-state index in [2.05, 4.69) is 25.0 Å². The largest absolute Gasteiger partial charge is 0.388 e. The first-order chi connectivity index (χ1) is 15.6. The molecule has 0 radical (unpaired) electrons. The van der Waals surface area contributed by atoms with E-state index < -0.39 is 6.10 Å². The Morgan fingerprint density at radius 1 is 1.09 bits per heavy atom. The lowest BCUT2D eigenvalue weighted by Crippen LogP contribution is -2.04. The van der Waals surface area contributed by atoms with Gasteiger partial charge in [0.15, 0.2) is 5.65 Å². The molecule has 0 bridgehead atoms. The Hall–Kier alpha value is -4.11. The van der Waals surface area contributed by atoms with Gasteiger partial charge in [0, 0.05) is 36.3 Å². The van der Waals surface area contributed by atoms with E-state index in [1.807, 2.05) is 55.8 Å². The summed E-state index contributed by atoms with van der Waals surface area (Å²) in [7, 11) is 1.86. The van der Waals surface area contributed by atoms with Crippen molar-refractivity contribution in [2.45, 2.75) is 18.9 Å². The highest BCUT2D eigenvalue weighted by Crippen LogP contribution is 2.28. The number of rotatable bonds is 6. The van der Waals surface area contributed by atoms with Crippen LogP contribution in [0.3, 0.4) is 0 Å². The maximum absolute atomic E-state index is 10.5. The fourth-order valence-electron chi connectivity index (χ4n) is 3.69. The van der Waals surface area contributed by atoms with Crippen molar-refractivity contribution >= 4 is 17.1 Å². The van der Waals surface area contributed by atoms with Crippen molar-refractivity contribution in [1.29, 1.82) is 0 Å². The van der Waals surface area contributed by atoms with Crippen LogP contribution in [0.25, 0.3) is 33.7 Å². The predicted octanol–water partition coefficient (Wildman–Crippen LogP) is 3.06. The number of nitrogen functional groups attached to an aromatic ring is 1. The second-order valence-corrected chi connectivity index (χ2v) is 7.63. The summed E-state index contributed by atoms with van der Waals surface area (Å²) in [5.74, 6) is 0.178. The summed E-state index contributed by atoms with van der Waals surface area (Å²) in [5, 5.41) is 14.7. The number of aliphatic hydroxyl groups is 1. The third kappa shape index (κ3) is 3.93. The van der Waals surface area contributed by atoms with Gasteiger partial charge in [-0.2, -0.15) is 5.10 Å². The lowest BCUT2D eigenvalue weighted by Gasteiger charge is -2.11. The standard InChI is InChI=1S/C23H22N8O/c1-31-13-15(10-27-31)19-12-26-22-21(29-19)17(11-25-22)18-9-16(28-23(24)30-18)7-8-20(32)14-5-3-2-4-6-14/h2-6,9-13,20,32H,7-8H2,1H3,(H,25,26)(H2,24,28,30). The van der Waals surface area contributed by atoms with Crippen molar-refractivity contribution in [2.24, 2.45) is 7.05 Å². The van der Waals surface area contributed by atoms with Crippen molar-refractivity contribution in [1.82, 2.24) is 34.7 Å². The summed E-state index contributed by atoms with van der Waals surface area (Å²) in [6.45, 7) is 0. The van der Waals surface area contributed by atoms with Crippen LogP contribution < -0.4 is 5.73 Å². The molecule has 5 rings (SSSR count). The number of nitrogens with two attached hydrogens (primary N) is 1. The molecule has 1 unspecified atom stereocenters. The number of aromatic nitrogens is 7. The number of aryl methyl sites for hydroxylation is 2. The highest BCUT2D eigenvalue weighted by atomic mass is 16.3. The van der Waals surface area contributed by atoms with Gasteiger partial charge >= 0.3 is 0 Å². The van der Waals surface area contributed by atoms with Crippen LogP contribution in [-0.4, -0.2) is 39.8 Å². The molecule has 0 aliphatic heterocycles. The molecule has 4 heterocycles. The van der Waals surface area contributed by atoms with Crippen molar-refractivity contribution in [2.75, 3.05) is 5.73 Å². The van der Waals surface area contributed by atoms with E-state index in [-0.39, 0.29) is 5.95 Å². The second-order valence-electron chi connectivity index (χ2n) is 7.63. The predicted molar refractivity (Wildman–Crippen MR) is 121 cm³/mol. The zero-order chi connectivity index (χ0) is 22.1. The fourth-order valence-corrected chi connectivity index (χ4v) is 3.69. The molecule has 160 valence electrons. The molecule has 0 aliphatic rings. The minimum absolute atomic E-state index is 0.178. The molecular weight excluding hydrogens is 404 g/mol. The first-order valence-corrected chi connectivity index (χ1v) is 10.3. The van der Waals surface area contributed by atoms with Crippen LogP contribution >= 0.6 is 0 Å². The van der Waals surface area contributed by atoms with E-state index >= 15 is 0 Å². The van der Waals surface area contributed by atoms with Crippen molar-refractivity contribution < 1.29 is 5.11 Å². The normalized spacial score (nSPS) is 12.3. The van der Waals surface area contributed by atoms with Crippen LogP contribution in [0, 0.1) is 0 Å². The zero-order valence-electron chi connectivity index (χ0n) is 17.5. The second kappa shape index (κ2) is 8.20. The summed E-state index contributed by atoms with van der Waals surface area (Å²) in [6.07, 6.45) is 7.69. The zero-order valence-corrected chi connectivity index (χ0v) is 17.5. The molecule has 0 saturated heterocycles. The number of nitrogens with zero attached hydrogens (tertiary/aromatic N) is 6. The van der Waals surface area contributed by atoms with E-state index in [4.69, 9.17) is 10.7 Å². The summed E-state index contributed by atoms with van der Waals surface area (Å²) in [4.78, 5) is 21.2. The number of H-pyrrole nitrogens is 1. The molecule has 4 N–H and O–H groups in total. The van der Waals surface area contributed by atoms with E-state index in [1.165, 1.54) is 0 Å². The number of hydrogen-bond acceptors (Lipinski definition) is 7. The van der Waals surface area contributed by atoms with Crippen LogP contribution in [0.4, 0.5) is 5.95 Å². The van der Waals surface area contributed by atoms with Crippen LogP contribution in [0.2, 0.25) is 0 Å². The summed E-state index contributed by atoms with van der Waals surface area (Å²) < 4.78 is 1.72. The molecular formula is C23H22N8O. The van der Waals surface area contributed by atoms with E-state index in [0.29, 0.717) is 29.7 Å². The molecule has 0 amide bonds. The maximum atomic E-state index is 10.5. The lowest BCUT2D eigenvalue weighted by molar-refractivity contribution is 0.167. The third-order valence-electron chi connectivity index (χ3n) is 5.31. The SMILES string of the molecule is Cn1cc(-c2cnc3[nH]cc(-c4cc(CCC(O)c5ccccc5)nc(N)n4)c3n2)cn1. The molecule has 9 nitrogen and oxygen atoms in total. The van der Waals surface area contributed by atoms with Gasteiger partial charge in [-0.25, -0.2) is 19.9 Å². The Kier molecular flexibility index (Phi) is 5.08. The van der Waals surface area contributed by atoms with Crippen molar-refractivity contribution in [3.8, 4) is 22.5 Å². The Morgan fingerprint density at radius 3 is 2.72 bits per heavy atom. The van der Waals surface area contributed by atoms with Crippen molar-refractivity contribution in [3.05, 3.63) is 72.4 Å². The molecule has 4 aromatic heterocycles. The number of nitrogens with one attached hydrogen (secondary N) is 1. The van der Waals surface area contributed by atoms with Crippen LogP contribution in [-0.2, 0) is 13.5 Å². The first-order valence-electron chi connectivity index (χ1n) is 10.3. The molecule has 0 saturated carbocycles. The molecule has 5 aromatic rings. The maximum Gasteiger partial charge on any atom is 0.220 e. The minimum atomic E-state index is -0.572. The summed E-state index contributed by atoms with van der Waals surface area (Å²) >= 11 is 0. The smallest absolute Gasteiger partial charge is 0.220 e. The van der Waals surface area contributed by atoms with Crippen LogP contribution in [0.5, 0.6) is 0 Å². The summed E-state index contributed by atoms with van der Waals surface area (Å²) in [5.41, 5.74) is 12.0. The Balaban J connectivity index is 1.45. The van der Waals surface area contributed by atoms with E-state index in [1.54, 1.807) is 17.1 Å². The average molecular weight is 426 g/mol.